The molecule has 3 heterocycles. The second-order valence-corrected chi connectivity index (χ2v) is 7.79. The van der Waals surface area contributed by atoms with E-state index in [9.17, 15) is 9.59 Å². The van der Waals surface area contributed by atoms with E-state index in [0.29, 0.717) is 17.6 Å². The molecule has 2 fully saturated rings. The number of hydrogen-bond donors (Lipinski definition) is 3. The van der Waals surface area contributed by atoms with Crippen LogP contribution in [0.25, 0.3) is 0 Å². The Kier molecular flexibility index (Phi) is 6.39. The van der Waals surface area contributed by atoms with Gasteiger partial charge < -0.3 is 16.0 Å². The van der Waals surface area contributed by atoms with Gasteiger partial charge in [0.05, 0.1) is 12.1 Å². The van der Waals surface area contributed by atoms with Crippen LogP contribution in [0.4, 0.5) is 5.13 Å². The number of nitrogens with zero attached hydrogens (tertiary/aromatic N) is 2. The molecule has 0 bridgehead atoms. The maximum Gasteiger partial charge on any atom is 0.243 e. The van der Waals surface area contributed by atoms with Crippen molar-refractivity contribution in [1.29, 1.82) is 0 Å². The third kappa shape index (κ3) is 4.99. The SMILES string of the molecule is CC(C(=O)Nc1nccs1)N1CCCC(CNC(=O)C2CCCN2)C1. The first-order valence-corrected chi connectivity index (χ1v) is 9.97. The number of carbonyl (C=O) groups is 2. The topological polar surface area (TPSA) is 86.4 Å². The van der Waals surface area contributed by atoms with Gasteiger partial charge in [0, 0.05) is 24.7 Å². The Bertz CT molecular complexity index is 574. The zero-order chi connectivity index (χ0) is 17.6. The van der Waals surface area contributed by atoms with Crippen LogP contribution in [0.3, 0.4) is 0 Å². The third-order valence-electron chi connectivity index (χ3n) is 5.08. The molecule has 0 aromatic carbocycles. The summed E-state index contributed by atoms with van der Waals surface area (Å²) in [4.78, 5) is 30.8. The fourth-order valence-corrected chi connectivity index (χ4v) is 4.08. The summed E-state index contributed by atoms with van der Waals surface area (Å²) in [6.45, 7) is 5.31. The van der Waals surface area contributed by atoms with Crippen molar-refractivity contribution in [1.82, 2.24) is 20.5 Å². The molecule has 25 heavy (non-hydrogen) atoms. The van der Waals surface area contributed by atoms with Crippen molar-refractivity contribution >= 4 is 28.3 Å². The summed E-state index contributed by atoms with van der Waals surface area (Å²) < 4.78 is 0. The first kappa shape index (κ1) is 18.3. The summed E-state index contributed by atoms with van der Waals surface area (Å²) in [5.41, 5.74) is 0. The van der Waals surface area contributed by atoms with Crippen molar-refractivity contribution in [3.8, 4) is 0 Å². The number of carbonyl (C=O) groups excluding carboxylic acids is 2. The van der Waals surface area contributed by atoms with E-state index in [2.05, 4.69) is 25.8 Å². The average molecular weight is 366 g/mol. The van der Waals surface area contributed by atoms with Crippen LogP contribution in [-0.2, 0) is 9.59 Å². The lowest BCUT2D eigenvalue weighted by Crippen LogP contribution is -2.50. The van der Waals surface area contributed by atoms with E-state index in [-0.39, 0.29) is 23.9 Å². The van der Waals surface area contributed by atoms with E-state index in [1.165, 1.54) is 11.3 Å². The minimum atomic E-state index is -0.195. The van der Waals surface area contributed by atoms with Crippen molar-refractivity contribution in [2.45, 2.75) is 44.7 Å². The molecule has 0 aliphatic carbocycles. The molecule has 7 nitrogen and oxygen atoms in total. The predicted octanol–water partition coefficient (Wildman–Crippen LogP) is 1.05. The van der Waals surface area contributed by atoms with Crippen LogP contribution in [0.15, 0.2) is 11.6 Å². The Balaban J connectivity index is 1.45. The molecule has 3 N–H and O–H groups in total. The second kappa shape index (κ2) is 8.73. The Labute approximate surface area is 152 Å². The molecule has 2 aliphatic heterocycles. The molecule has 0 saturated carbocycles. The van der Waals surface area contributed by atoms with Gasteiger partial charge in [-0.15, -0.1) is 11.3 Å². The van der Waals surface area contributed by atoms with Crippen molar-refractivity contribution < 1.29 is 9.59 Å². The number of rotatable bonds is 6. The monoisotopic (exact) mass is 365 g/mol. The van der Waals surface area contributed by atoms with Crippen molar-refractivity contribution in [2.75, 3.05) is 31.5 Å². The van der Waals surface area contributed by atoms with Crippen molar-refractivity contribution in [2.24, 2.45) is 5.92 Å². The van der Waals surface area contributed by atoms with Crippen molar-refractivity contribution in [3.05, 3.63) is 11.6 Å². The third-order valence-corrected chi connectivity index (χ3v) is 5.77. The lowest BCUT2D eigenvalue weighted by Gasteiger charge is -2.36. The second-order valence-electron chi connectivity index (χ2n) is 6.90. The zero-order valence-corrected chi connectivity index (χ0v) is 15.5. The minimum absolute atomic E-state index is 0.0187. The van der Waals surface area contributed by atoms with Crippen molar-refractivity contribution in [3.63, 3.8) is 0 Å². The van der Waals surface area contributed by atoms with E-state index in [1.807, 2.05) is 12.3 Å². The smallest absolute Gasteiger partial charge is 0.243 e. The highest BCUT2D eigenvalue weighted by molar-refractivity contribution is 7.13. The highest BCUT2D eigenvalue weighted by Crippen LogP contribution is 2.19. The van der Waals surface area contributed by atoms with Gasteiger partial charge in [0.1, 0.15) is 0 Å². The predicted molar refractivity (Wildman–Crippen MR) is 98.5 cm³/mol. The fourth-order valence-electron chi connectivity index (χ4n) is 3.55. The maximum absolute atomic E-state index is 12.4. The summed E-state index contributed by atoms with van der Waals surface area (Å²) in [7, 11) is 0. The van der Waals surface area contributed by atoms with Gasteiger partial charge in [-0.3, -0.25) is 14.5 Å². The molecule has 2 amide bonds. The van der Waals surface area contributed by atoms with Gasteiger partial charge >= 0.3 is 0 Å². The van der Waals surface area contributed by atoms with Crippen LogP contribution in [-0.4, -0.2) is 60.0 Å². The first-order chi connectivity index (χ1) is 12.1. The van der Waals surface area contributed by atoms with Crippen LogP contribution in [0.5, 0.6) is 0 Å². The largest absolute Gasteiger partial charge is 0.354 e. The number of thiazole rings is 1. The van der Waals surface area contributed by atoms with Gasteiger partial charge in [0.25, 0.3) is 0 Å². The molecule has 3 rings (SSSR count). The Hall–Kier alpha value is -1.51. The van der Waals surface area contributed by atoms with E-state index < -0.39 is 0 Å². The molecule has 1 aromatic heterocycles. The molecule has 2 saturated heterocycles. The molecular weight excluding hydrogens is 338 g/mol. The maximum atomic E-state index is 12.4. The van der Waals surface area contributed by atoms with E-state index >= 15 is 0 Å². The molecule has 138 valence electrons. The lowest BCUT2D eigenvalue weighted by atomic mass is 9.96. The van der Waals surface area contributed by atoms with Gasteiger partial charge in [0.2, 0.25) is 11.8 Å². The number of hydrogen-bond acceptors (Lipinski definition) is 6. The van der Waals surface area contributed by atoms with E-state index in [0.717, 1.165) is 45.3 Å². The molecule has 3 atom stereocenters. The number of anilines is 1. The highest BCUT2D eigenvalue weighted by atomic mass is 32.1. The molecule has 0 radical (unpaired) electrons. The van der Waals surface area contributed by atoms with Gasteiger partial charge in [-0.25, -0.2) is 4.98 Å². The van der Waals surface area contributed by atoms with E-state index in [1.54, 1.807) is 6.20 Å². The molecule has 3 unspecified atom stereocenters. The number of piperidine rings is 1. The first-order valence-electron chi connectivity index (χ1n) is 9.09. The molecule has 0 spiro atoms. The van der Waals surface area contributed by atoms with Crippen LogP contribution in [0.2, 0.25) is 0 Å². The number of aromatic nitrogens is 1. The summed E-state index contributed by atoms with van der Waals surface area (Å²) in [5, 5.41) is 11.7. The van der Waals surface area contributed by atoms with Crippen LogP contribution < -0.4 is 16.0 Å². The Morgan fingerprint density at radius 1 is 1.44 bits per heavy atom. The summed E-state index contributed by atoms with van der Waals surface area (Å²) in [6, 6.07) is -0.221. The number of nitrogens with one attached hydrogen (secondary N) is 3. The molecule has 8 heteroatoms. The standard InChI is InChI=1S/C17H27N5O2S/c1-12(15(23)21-17-19-7-9-25-17)22-8-3-4-13(11-22)10-20-16(24)14-5-2-6-18-14/h7,9,12-14,18H,2-6,8,10-11H2,1H3,(H,20,24)(H,19,21,23). The molecule has 2 aliphatic rings. The summed E-state index contributed by atoms with van der Waals surface area (Å²) in [5.74, 6) is 0.494. The Morgan fingerprint density at radius 2 is 2.32 bits per heavy atom. The van der Waals surface area contributed by atoms with Gasteiger partial charge in [-0.2, -0.15) is 0 Å². The number of likely N-dealkylation sites (tertiary alicyclic amines) is 1. The van der Waals surface area contributed by atoms with Gasteiger partial charge in [-0.1, -0.05) is 0 Å². The minimum Gasteiger partial charge on any atom is -0.354 e. The van der Waals surface area contributed by atoms with Crippen LogP contribution >= 0.6 is 11.3 Å². The quantitative estimate of drug-likeness (QED) is 0.702. The lowest BCUT2D eigenvalue weighted by molar-refractivity contribution is -0.124. The Morgan fingerprint density at radius 3 is 3.04 bits per heavy atom. The zero-order valence-electron chi connectivity index (χ0n) is 14.7. The normalized spacial score (nSPS) is 25.5. The molecular formula is C17H27N5O2S. The van der Waals surface area contributed by atoms with Crippen LogP contribution in [0, 0.1) is 5.92 Å². The summed E-state index contributed by atoms with van der Waals surface area (Å²) >= 11 is 1.42. The van der Waals surface area contributed by atoms with E-state index in [4.69, 9.17) is 0 Å². The average Bonchev–Trinajstić information content (AvgIpc) is 3.33. The summed E-state index contributed by atoms with van der Waals surface area (Å²) in [6.07, 6.45) is 5.83. The number of amides is 2. The highest BCUT2D eigenvalue weighted by Gasteiger charge is 2.29. The van der Waals surface area contributed by atoms with Gasteiger partial charge in [-0.05, 0) is 51.6 Å². The van der Waals surface area contributed by atoms with Crippen LogP contribution in [0.1, 0.15) is 32.6 Å². The van der Waals surface area contributed by atoms with Gasteiger partial charge in [0.15, 0.2) is 5.13 Å². The fraction of sp³-hybridized carbons (Fsp3) is 0.706. The molecule has 1 aromatic rings.